The van der Waals surface area contributed by atoms with Gasteiger partial charge >= 0.3 is 0 Å². The Morgan fingerprint density at radius 3 is 2.29 bits per heavy atom. The fraction of sp³-hybridized carbons (Fsp3) is 0.188. The highest BCUT2D eigenvalue weighted by Gasteiger charge is 2.14. The molecule has 0 fully saturated rings. The van der Waals surface area contributed by atoms with Crippen LogP contribution in [0.4, 0.5) is 0 Å². The number of halogens is 2. The van der Waals surface area contributed by atoms with Gasteiger partial charge in [-0.3, -0.25) is 4.79 Å². The Bertz CT molecular complexity index is 630. The second-order valence-electron chi connectivity index (χ2n) is 4.43. The smallest absolute Gasteiger partial charge is 0.175 e. The number of carbonyl (C=O) groups excluding carboxylic acids is 1. The van der Waals surface area contributed by atoms with Gasteiger partial charge in [0.2, 0.25) is 0 Å². The fourth-order valence-corrected chi connectivity index (χ4v) is 2.61. The molecule has 0 atom stereocenters. The van der Waals surface area contributed by atoms with Crippen LogP contribution in [0.5, 0.6) is 17.2 Å². The summed E-state index contributed by atoms with van der Waals surface area (Å²) in [4.78, 5) is 11.8. The Morgan fingerprint density at radius 1 is 1.14 bits per heavy atom. The van der Waals surface area contributed by atoms with Gasteiger partial charge in [0.15, 0.2) is 5.78 Å². The van der Waals surface area contributed by atoms with Crippen molar-refractivity contribution in [2.75, 3.05) is 12.4 Å². The molecular weight excluding hydrogens is 356 g/mol. The highest BCUT2D eigenvalue weighted by molar-refractivity contribution is 9.09. The van der Waals surface area contributed by atoms with Gasteiger partial charge in [0.25, 0.3) is 0 Å². The lowest BCUT2D eigenvalue weighted by atomic mass is 10.1. The predicted octanol–water partition coefficient (Wildman–Crippen LogP) is 5.03. The fourth-order valence-electron chi connectivity index (χ4n) is 1.97. The van der Waals surface area contributed by atoms with Gasteiger partial charge < -0.3 is 9.47 Å². The van der Waals surface area contributed by atoms with E-state index in [2.05, 4.69) is 15.9 Å². The monoisotopic (exact) mass is 368 g/mol. The minimum atomic E-state index is -0.0477. The zero-order valence-electron chi connectivity index (χ0n) is 11.7. The molecule has 0 bridgehead atoms. The first-order chi connectivity index (χ1) is 10.0. The Morgan fingerprint density at radius 2 is 1.76 bits per heavy atom. The number of benzene rings is 2. The van der Waals surface area contributed by atoms with Crippen molar-refractivity contribution >= 4 is 33.3 Å². The first-order valence-electron chi connectivity index (χ1n) is 6.26. The van der Waals surface area contributed by atoms with E-state index in [4.69, 9.17) is 21.1 Å². The van der Waals surface area contributed by atoms with E-state index in [9.17, 15) is 4.79 Å². The van der Waals surface area contributed by atoms with Crippen molar-refractivity contribution in [2.45, 2.75) is 6.92 Å². The number of hydrogen-bond donors (Lipinski definition) is 0. The summed E-state index contributed by atoms with van der Waals surface area (Å²) in [5.41, 5.74) is 1.31. The average molecular weight is 370 g/mol. The van der Waals surface area contributed by atoms with Crippen LogP contribution >= 0.6 is 27.5 Å². The molecule has 2 rings (SSSR count). The molecule has 3 nitrogen and oxygen atoms in total. The zero-order chi connectivity index (χ0) is 15.4. The van der Waals surface area contributed by atoms with E-state index >= 15 is 0 Å². The summed E-state index contributed by atoms with van der Waals surface area (Å²) in [7, 11) is 1.61. The number of carbonyl (C=O) groups is 1. The zero-order valence-corrected chi connectivity index (χ0v) is 14.0. The van der Waals surface area contributed by atoms with E-state index in [0.29, 0.717) is 22.1 Å². The first-order valence-corrected chi connectivity index (χ1v) is 7.76. The molecule has 0 amide bonds. The lowest BCUT2D eigenvalue weighted by molar-refractivity contribution is 0.102. The van der Waals surface area contributed by atoms with Gasteiger partial charge in [-0.25, -0.2) is 0 Å². The topological polar surface area (TPSA) is 35.5 Å². The summed E-state index contributed by atoms with van der Waals surface area (Å²) in [5.74, 6) is 1.97. The molecule has 21 heavy (non-hydrogen) atoms. The second kappa shape index (κ2) is 6.96. The third kappa shape index (κ3) is 3.77. The van der Waals surface area contributed by atoms with Crippen molar-refractivity contribution in [3.05, 3.63) is 52.5 Å². The maximum Gasteiger partial charge on any atom is 0.175 e. The molecule has 110 valence electrons. The summed E-state index contributed by atoms with van der Waals surface area (Å²) in [6.45, 7) is 1.84. The number of ketones is 1. The van der Waals surface area contributed by atoms with Gasteiger partial charge in [0.05, 0.1) is 17.5 Å². The molecule has 0 spiro atoms. The van der Waals surface area contributed by atoms with Crippen LogP contribution in [0, 0.1) is 6.92 Å². The quantitative estimate of drug-likeness (QED) is 0.548. The molecule has 2 aromatic carbocycles. The van der Waals surface area contributed by atoms with E-state index in [1.54, 1.807) is 31.4 Å². The number of hydrogen-bond acceptors (Lipinski definition) is 3. The number of alkyl halides is 1. The molecule has 0 aromatic heterocycles. The van der Waals surface area contributed by atoms with Crippen molar-refractivity contribution in [2.24, 2.45) is 0 Å². The summed E-state index contributed by atoms with van der Waals surface area (Å²) < 4.78 is 10.8. The lowest BCUT2D eigenvalue weighted by Gasteiger charge is -2.11. The summed E-state index contributed by atoms with van der Waals surface area (Å²) in [5, 5.41) is 0.634. The Hall–Kier alpha value is -1.52. The molecule has 0 aliphatic heterocycles. The Balaban J connectivity index is 2.26. The van der Waals surface area contributed by atoms with E-state index in [-0.39, 0.29) is 11.1 Å². The van der Waals surface area contributed by atoms with Crippen LogP contribution in [0.25, 0.3) is 0 Å². The molecule has 0 heterocycles. The third-order valence-electron chi connectivity index (χ3n) is 2.96. The van der Waals surface area contributed by atoms with E-state index in [1.807, 2.05) is 19.1 Å². The summed E-state index contributed by atoms with van der Waals surface area (Å²) in [6, 6.07) is 10.7. The van der Waals surface area contributed by atoms with E-state index in [0.717, 1.165) is 11.3 Å². The van der Waals surface area contributed by atoms with Crippen LogP contribution in [0.2, 0.25) is 5.02 Å². The van der Waals surface area contributed by atoms with Gasteiger partial charge in [-0.15, -0.1) is 0 Å². The molecule has 0 saturated carbocycles. The highest BCUT2D eigenvalue weighted by Crippen LogP contribution is 2.30. The number of rotatable bonds is 5. The molecule has 2 aromatic rings. The molecule has 0 N–H and O–H groups in total. The number of aryl methyl sites for hydroxylation is 1. The van der Waals surface area contributed by atoms with Crippen molar-refractivity contribution in [3.8, 4) is 17.2 Å². The maximum absolute atomic E-state index is 11.8. The van der Waals surface area contributed by atoms with E-state index < -0.39 is 0 Å². The van der Waals surface area contributed by atoms with Crippen molar-refractivity contribution in [3.63, 3.8) is 0 Å². The van der Waals surface area contributed by atoms with Crippen molar-refractivity contribution in [1.29, 1.82) is 0 Å². The van der Waals surface area contributed by atoms with Crippen LogP contribution < -0.4 is 9.47 Å². The number of methoxy groups -OCH3 is 1. The van der Waals surface area contributed by atoms with Gasteiger partial charge in [-0.1, -0.05) is 27.5 Å². The average Bonchev–Trinajstić information content (AvgIpc) is 2.47. The molecule has 0 aliphatic rings. The van der Waals surface area contributed by atoms with E-state index in [1.165, 1.54) is 0 Å². The minimum absolute atomic E-state index is 0.0477. The largest absolute Gasteiger partial charge is 0.497 e. The highest BCUT2D eigenvalue weighted by atomic mass is 79.9. The molecular formula is C16H14BrClO3. The summed E-state index contributed by atoms with van der Waals surface area (Å²) >= 11 is 9.33. The van der Waals surface area contributed by atoms with Crippen LogP contribution in [0.15, 0.2) is 36.4 Å². The Kier molecular flexibility index (Phi) is 5.26. The molecule has 0 aliphatic carbocycles. The van der Waals surface area contributed by atoms with Gasteiger partial charge in [0.1, 0.15) is 17.2 Å². The molecule has 0 saturated heterocycles. The summed E-state index contributed by atoms with van der Waals surface area (Å²) in [6.07, 6.45) is 0. The SMILES string of the molecule is COc1ccc(Oc2cc(C)c(C(=O)CBr)c(Cl)c2)cc1. The minimum Gasteiger partial charge on any atom is -0.497 e. The van der Waals surface area contributed by atoms with Crippen molar-refractivity contribution in [1.82, 2.24) is 0 Å². The second-order valence-corrected chi connectivity index (χ2v) is 5.40. The van der Waals surface area contributed by atoms with Crippen LogP contribution in [-0.2, 0) is 0 Å². The third-order valence-corrected chi connectivity index (χ3v) is 3.76. The predicted molar refractivity (Wildman–Crippen MR) is 87.4 cm³/mol. The van der Waals surface area contributed by atoms with Crippen LogP contribution in [0.1, 0.15) is 15.9 Å². The Labute approximate surface area is 137 Å². The standard InChI is InChI=1S/C16H14BrClO3/c1-10-7-13(8-14(18)16(10)15(19)9-17)21-12-5-3-11(20-2)4-6-12/h3-8H,9H2,1-2H3. The van der Waals surface area contributed by atoms with Crippen LogP contribution in [-0.4, -0.2) is 18.2 Å². The molecule has 5 heteroatoms. The van der Waals surface area contributed by atoms with Gasteiger partial charge in [-0.2, -0.15) is 0 Å². The maximum atomic E-state index is 11.8. The number of Topliss-reactive ketones (excluding diaryl/α,β-unsaturated/α-hetero) is 1. The normalized spacial score (nSPS) is 10.3. The first kappa shape index (κ1) is 15.9. The van der Waals surface area contributed by atoms with Gasteiger partial charge in [-0.05, 0) is 42.8 Å². The molecule has 0 unspecified atom stereocenters. The van der Waals surface area contributed by atoms with Gasteiger partial charge in [0, 0.05) is 11.6 Å². The lowest BCUT2D eigenvalue weighted by Crippen LogP contribution is -2.04. The number of ether oxygens (including phenoxy) is 2. The molecule has 0 radical (unpaired) electrons. The van der Waals surface area contributed by atoms with Crippen LogP contribution in [0.3, 0.4) is 0 Å². The van der Waals surface area contributed by atoms with Crippen molar-refractivity contribution < 1.29 is 14.3 Å².